The number of anilines is 2. The molecule has 2 heterocycles. The molecule has 1 N–H and O–H groups in total. The van der Waals surface area contributed by atoms with Crippen LogP contribution in [0.1, 0.15) is 16.7 Å². The molecule has 0 saturated heterocycles. The van der Waals surface area contributed by atoms with E-state index in [1.54, 1.807) is 37.2 Å². The molecule has 3 aromatic carbocycles. The van der Waals surface area contributed by atoms with Gasteiger partial charge in [-0.15, -0.1) is 0 Å². The standard InChI is InChI=1S/C30H28N8O4/c1-36(2)24-13-12-21(18-31)16-25(24)42-29-26(38(39)40)27(33-19-20-8-5-4-6-9-20)34-30(35-29)41-23-11-7-10-22(17-23)28-32-14-15-37(28)3/h4-13,16-17H,14-15,19H2,1-3H3,(H,33,34,35). The molecule has 42 heavy (non-hydrogen) atoms. The molecule has 0 atom stereocenters. The second-order valence-electron chi connectivity index (χ2n) is 9.65. The quantitative estimate of drug-likeness (QED) is 0.201. The van der Waals surface area contributed by atoms with Crippen molar-refractivity contribution in [2.45, 2.75) is 6.54 Å². The van der Waals surface area contributed by atoms with Gasteiger partial charge in [0, 0.05) is 45.9 Å². The largest absolute Gasteiger partial charge is 0.431 e. The highest BCUT2D eigenvalue weighted by Gasteiger charge is 2.29. The summed E-state index contributed by atoms with van der Waals surface area (Å²) in [7, 11) is 5.56. The Hall–Kier alpha value is -5.70. The normalized spacial score (nSPS) is 12.3. The summed E-state index contributed by atoms with van der Waals surface area (Å²) in [6.07, 6.45) is 0. The minimum Gasteiger partial charge on any atom is -0.431 e. The van der Waals surface area contributed by atoms with Crippen molar-refractivity contribution >= 4 is 23.0 Å². The second kappa shape index (κ2) is 12.2. The first-order valence-corrected chi connectivity index (χ1v) is 13.1. The highest BCUT2D eigenvalue weighted by atomic mass is 16.6. The molecule has 5 rings (SSSR count). The second-order valence-corrected chi connectivity index (χ2v) is 9.65. The fourth-order valence-electron chi connectivity index (χ4n) is 4.39. The number of aromatic nitrogens is 2. The maximum Gasteiger partial charge on any atom is 0.373 e. The Kier molecular flexibility index (Phi) is 8.10. The van der Waals surface area contributed by atoms with E-state index in [-0.39, 0.29) is 30.0 Å². The number of amidine groups is 1. The van der Waals surface area contributed by atoms with E-state index in [9.17, 15) is 15.4 Å². The SMILES string of the molecule is CN1CCN=C1c1cccc(Oc2nc(NCc3ccccc3)c([N+](=O)[O-])c(Oc3cc(C#N)ccc3N(C)C)n2)c1. The first kappa shape index (κ1) is 27.9. The van der Waals surface area contributed by atoms with E-state index in [4.69, 9.17) is 9.47 Å². The maximum atomic E-state index is 12.4. The minimum atomic E-state index is -0.607. The van der Waals surface area contributed by atoms with E-state index >= 15 is 0 Å². The zero-order valence-electron chi connectivity index (χ0n) is 23.3. The van der Waals surface area contributed by atoms with E-state index in [1.807, 2.05) is 55.6 Å². The average Bonchev–Trinajstić information content (AvgIpc) is 3.42. The van der Waals surface area contributed by atoms with Gasteiger partial charge in [-0.25, -0.2) is 0 Å². The number of nitro groups is 1. The lowest BCUT2D eigenvalue weighted by atomic mass is 10.2. The monoisotopic (exact) mass is 564 g/mol. The van der Waals surface area contributed by atoms with Crippen molar-refractivity contribution in [3.8, 4) is 29.5 Å². The van der Waals surface area contributed by atoms with E-state index in [0.29, 0.717) is 23.5 Å². The lowest BCUT2D eigenvalue weighted by Crippen LogP contribution is -2.23. The summed E-state index contributed by atoms with van der Waals surface area (Å²) in [4.78, 5) is 28.8. The lowest BCUT2D eigenvalue weighted by molar-refractivity contribution is -0.385. The Morgan fingerprint density at radius 2 is 1.88 bits per heavy atom. The number of nitriles is 1. The molecule has 0 spiro atoms. The molecule has 12 heteroatoms. The third-order valence-electron chi connectivity index (χ3n) is 6.45. The van der Waals surface area contributed by atoms with Crippen LogP contribution in [0.15, 0.2) is 77.8 Å². The Morgan fingerprint density at radius 1 is 1.07 bits per heavy atom. The highest BCUT2D eigenvalue weighted by molar-refractivity contribution is 5.99. The van der Waals surface area contributed by atoms with E-state index in [1.165, 1.54) is 6.07 Å². The molecule has 12 nitrogen and oxygen atoms in total. The number of likely N-dealkylation sites (N-methyl/N-ethyl adjacent to an activating group) is 1. The number of nitrogens with one attached hydrogen (secondary N) is 1. The number of ether oxygens (including phenoxy) is 2. The zero-order chi connectivity index (χ0) is 29.6. The predicted molar refractivity (Wildman–Crippen MR) is 159 cm³/mol. The lowest BCUT2D eigenvalue weighted by Gasteiger charge is -2.18. The van der Waals surface area contributed by atoms with Crippen LogP contribution >= 0.6 is 0 Å². The van der Waals surface area contributed by atoms with Gasteiger partial charge in [0.1, 0.15) is 11.6 Å². The van der Waals surface area contributed by atoms with Crippen LogP contribution in [0.25, 0.3) is 0 Å². The fraction of sp³-hybridized carbons (Fsp3) is 0.200. The molecule has 0 bridgehead atoms. The van der Waals surface area contributed by atoms with E-state index in [0.717, 1.165) is 23.5 Å². The van der Waals surface area contributed by atoms with Crippen LogP contribution in [0.5, 0.6) is 23.4 Å². The topological polar surface area (TPSA) is 142 Å². The molecule has 0 unspecified atom stereocenters. The fourth-order valence-corrected chi connectivity index (χ4v) is 4.39. The summed E-state index contributed by atoms with van der Waals surface area (Å²) in [5, 5.41) is 24.9. The van der Waals surface area contributed by atoms with Crippen LogP contribution < -0.4 is 19.7 Å². The number of benzene rings is 3. The molecule has 0 saturated carbocycles. The molecule has 1 aliphatic heterocycles. The van der Waals surface area contributed by atoms with Crippen molar-refractivity contribution in [2.24, 2.45) is 4.99 Å². The van der Waals surface area contributed by atoms with Crippen molar-refractivity contribution < 1.29 is 14.4 Å². The number of aliphatic imine (C=N–C) groups is 1. The van der Waals surface area contributed by atoms with Crippen LogP contribution in [0.4, 0.5) is 17.2 Å². The Bertz CT molecular complexity index is 1680. The van der Waals surface area contributed by atoms with Crippen molar-refractivity contribution in [1.29, 1.82) is 5.26 Å². The van der Waals surface area contributed by atoms with Gasteiger partial charge in [-0.05, 0) is 29.8 Å². The van der Waals surface area contributed by atoms with Crippen LogP contribution in [-0.4, -0.2) is 59.9 Å². The van der Waals surface area contributed by atoms with Gasteiger partial charge in [0.2, 0.25) is 5.82 Å². The summed E-state index contributed by atoms with van der Waals surface area (Å²) >= 11 is 0. The average molecular weight is 565 g/mol. The summed E-state index contributed by atoms with van der Waals surface area (Å²) in [6, 6.07) is 23.4. The van der Waals surface area contributed by atoms with Crippen LogP contribution in [0.3, 0.4) is 0 Å². The van der Waals surface area contributed by atoms with E-state index < -0.39 is 10.6 Å². The number of nitrogens with zero attached hydrogens (tertiary/aromatic N) is 7. The van der Waals surface area contributed by atoms with Gasteiger partial charge in [-0.2, -0.15) is 15.2 Å². The van der Waals surface area contributed by atoms with Crippen molar-refractivity contribution in [3.63, 3.8) is 0 Å². The highest BCUT2D eigenvalue weighted by Crippen LogP contribution is 2.40. The van der Waals surface area contributed by atoms with Gasteiger partial charge < -0.3 is 24.6 Å². The summed E-state index contributed by atoms with van der Waals surface area (Å²) < 4.78 is 12.1. The first-order valence-electron chi connectivity index (χ1n) is 13.1. The van der Waals surface area contributed by atoms with Crippen LogP contribution in [0, 0.1) is 21.4 Å². The Balaban J connectivity index is 1.57. The minimum absolute atomic E-state index is 0.0808. The van der Waals surface area contributed by atoms with Gasteiger partial charge in [0.25, 0.3) is 0 Å². The summed E-state index contributed by atoms with van der Waals surface area (Å²) in [5.74, 6) is 1.06. The Labute approximate surface area is 242 Å². The molecule has 1 aliphatic rings. The molecule has 0 amide bonds. The molecular weight excluding hydrogens is 536 g/mol. The van der Waals surface area contributed by atoms with Gasteiger partial charge in [-0.3, -0.25) is 15.1 Å². The molecule has 4 aromatic rings. The molecular formula is C30H28N8O4. The van der Waals surface area contributed by atoms with Gasteiger partial charge in [-0.1, -0.05) is 42.5 Å². The van der Waals surface area contributed by atoms with E-state index in [2.05, 4.69) is 31.2 Å². The predicted octanol–water partition coefficient (Wildman–Crippen LogP) is 5.21. The molecule has 0 radical (unpaired) electrons. The van der Waals surface area contributed by atoms with Gasteiger partial charge >= 0.3 is 17.6 Å². The third-order valence-corrected chi connectivity index (χ3v) is 6.45. The number of hydrogen-bond acceptors (Lipinski definition) is 11. The van der Waals surface area contributed by atoms with Gasteiger partial charge in [0.15, 0.2) is 5.75 Å². The first-order chi connectivity index (χ1) is 20.3. The van der Waals surface area contributed by atoms with Crippen LogP contribution in [0.2, 0.25) is 0 Å². The third kappa shape index (κ3) is 6.20. The van der Waals surface area contributed by atoms with Crippen molar-refractivity contribution in [2.75, 3.05) is 44.4 Å². The molecule has 212 valence electrons. The summed E-state index contributed by atoms with van der Waals surface area (Å²) in [5.41, 5.74) is 2.19. The zero-order valence-corrected chi connectivity index (χ0v) is 23.3. The maximum absolute atomic E-state index is 12.4. The van der Waals surface area contributed by atoms with Crippen molar-refractivity contribution in [3.05, 3.63) is 99.6 Å². The van der Waals surface area contributed by atoms with Crippen molar-refractivity contribution in [1.82, 2.24) is 14.9 Å². The Morgan fingerprint density at radius 3 is 2.57 bits per heavy atom. The number of hydrogen-bond donors (Lipinski definition) is 1. The summed E-state index contributed by atoms with van der Waals surface area (Å²) in [6.45, 7) is 1.79. The molecule has 1 aromatic heterocycles. The molecule has 0 aliphatic carbocycles. The molecule has 0 fully saturated rings. The van der Waals surface area contributed by atoms with Crippen LogP contribution in [-0.2, 0) is 6.54 Å². The number of rotatable bonds is 10. The van der Waals surface area contributed by atoms with Gasteiger partial charge in [0.05, 0.1) is 28.8 Å². The smallest absolute Gasteiger partial charge is 0.373 e.